The summed E-state index contributed by atoms with van der Waals surface area (Å²) in [4.78, 5) is 22.8. The molecule has 1 saturated carbocycles. The predicted molar refractivity (Wildman–Crippen MR) is 66.2 cm³/mol. The lowest BCUT2D eigenvalue weighted by Crippen LogP contribution is -2.43. The van der Waals surface area contributed by atoms with Gasteiger partial charge in [0.2, 0.25) is 0 Å². The number of halogens is 2. The van der Waals surface area contributed by atoms with Crippen molar-refractivity contribution in [3.05, 3.63) is 33.3 Å². The van der Waals surface area contributed by atoms with Gasteiger partial charge in [0.1, 0.15) is 5.54 Å². The first-order valence-electron chi connectivity index (χ1n) is 4.95. The zero-order chi connectivity index (χ0) is 12.6. The van der Waals surface area contributed by atoms with E-state index in [2.05, 4.69) is 21.2 Å². The summed E-state index contributed by atoms with van der Waals surface area (Å²) in [6.07, 6.45) is 0.936. The molecule has 0 spiro atoms. The number of benzene rings is 1. The molecule has 0 aliphatic heterocycles. The molecule has 1 amide bonds. The number of carbonyl (C=O) groups is 2. The normalized spacial score (nSPS) is 16.4. The monoisotopic (exact) mass is 317 g/mol. The third-order valence-corrected chi connectivity index (χ3v) is 3.31. The van der Waals surface area contributed by atoms with E-state index in [-0.39, 0.29) is 0 Å². The molecule has 0 radical (unpaired) electrons. The summed E-state index contributed by atoms with van der Waals surface area (Å²) < 4.78 is 0.676. The highest BCUT2D eigenvalue weighted by Crippen LogP contribution is 2.36. The van der Waals surface area contributed by atoms with Crippen LogP contribution in [0.2, 0.25) is 5.02 Å². The zero-order valence-electron chi connectivity index (χ0n) is 8.67. The maximum Gasteiger partial charge on any atom is 0.329 e. The summed E-state index contributed by atoms with van der Waals surface area (Å²) in [6.45, 7) is 0. The van der Waals surface area contributed by atoms with Gasteiger partial charge in [-0.3, -0.25) is 4.79 Å². The Bertz CT molecular complexity index is 479. The molecule has 1 fully saturated rings. The molecule has 4 nitrogen and oxygen atoms in total. The molecule has 0 heterocycles. The van der Waals surface area contributed by atoms with Crippen molar-refractivity contribution in [2.45, 2.75) is 18.4 Å². The van der Waals surface area contributed by atoms with E-state index in [0.717, 1.165) is 0 Å². The number of nitrogens with one attached hydrogen (secondary N) is 1. The van der Waals surface area contributed by atoms with Crippen LogP contribution in [0.3, 0.4) is 0 Å². The van der Waals surface area contributed by atoms with E-state index in [1.807, 2.05) is 0 Å². The molecule has 0 aromatic heterocycles. The van der Waals surface area contributed by atoms with Crippen LogP contribution in [0, 0.1) is 0 Å². The Morgan fingerprint density at radius 1 is 1.35 bits per heavy atom. The summed E-state index contributed by atoms with van der Waals surface area (Å²) in [5, 5.41) is 11.9. The third-order valence-electron chi connectivity index (χ3n) is 2.64. The van der Waals surface area contributed by atoms with Gasteiger partial charge in [-0.2, -0.15) is 0 Å². The van der Waals surface area contributed by atoms with Crippen molar-refractivity contribution in [3.63, 3.8) is 0 Å². The Kier molecular flexibility index (Phi) is 3.14. The SMILES string of the molecule is O=C(NC1(C(=O)O)CC1)c1cc(Cl)cc(Br)c1. The fourth-order valence-electron chi connectivity index (χ4n) is 1.49. The van der Waals surface area contributed by atoms with E-state index in [1.54, 1.807) is 12.1 Å². The molecule has 6 heteroatoms. The van der Waals surface area contributed by atoms with Crippen LogP contribution in [-0.2, 0) is 4.79 Å². The van der Waals surface area contributed by atoms with Crippen LogP contribution < -0.4 is 5.32 Å². The molecule has 1 aliphatic rings. The molecular weight excluding hydrogens is 309 g/mol. The number of carbonyl (C=O) groups excluding carboxylic acids is 1. The first kappa shape index (κ1) is 12.4. The van der Waals surface area contributed by atoms with Crippen LogP contribution in [0.25, 0.3) is 0 Å². The Balaban J connectivity index is 2.18. The highest BCUT2D eigenvalue weighted by molar-refractivity contribution is 9.10. The molecule has 2 rings (SSSR count). The number of hydrogen-bond donors (Lipinski definition) is 2. The standard InChI is InChI=1S/C11H9BrClNO3/c12-7-3-6(4-8(13)5-7)9(15)14-11(1-2-11)10(16)17/h3-5H,1-2H2,(H,14,15)(H,16,17). The predicted octanol–water partition coefficient (Wildman–Crippen LogP) is 2.45. The van der Waals surface area contributed by atoms with Crippen LogP contribution in [0.1, 0.15) is 23.2 Å². The van der Waals surface area contributed by atoms with Crippen LogP contribution in [0.15, 0.2) is 22.7 Å². The number of rotatable bonds is 3. The average molecular weight is 319 g/mol. The molecule has 17 heavy (non-hydrogen) atoms. The summed E-state index contributed by atoms with van der Waals surface area (Å²) >= 11 is 9.04. The molecule has 0 atom stereocenters. The van der Waals surface area contributed by atoms with E-state index < -0.39 is 17.4 Å². The molecule has 0 saturated heterocycles. The van der Waals surface area contributed by atoms with Gasteiger partial charge in [-0.15, -0.1) is 0 Å². The second kappa shape index (κ2) is 4.31. The van der Waals surface area contributed by atoms with Crippen molar-refractivity contribution < 1.29 is 14.7 Å². The molecule has 2 N–H and O–H groups in total. The Labute approximate surface area is 111 Å². The fourth-order valence-corrected chi connectivity index (χ4v) is 2.35. The van der Waals surface area contributed by atoms with Crippen molar-refractivity contribution in [3.8, 4) is 0 Å². The quantitative estimate of drug-likeness (QED) is 0.899. The average Bonchev–Trinajstić information content (AvgIpc) is 2.97. The highest BCUT2D eigenvalue weighted by Gasteiger charge is 2.51. The van der Waals surface area contributed by atoms with Crippen molar-refractivity contribution in [2.75, 3.05) is 0 Å². The lowest BCUT2D eigenvalue weighted by atomic mass is 10.2. The number of hydrogen-bond acceptors (Lipinski definition) is 2. The lowest BCUT2D eigenvalue weighted by Gasteiger charge is -2.12. The van der Waals surface area contributed by atoms with E-state index >= 15 is 0 Å². The summed E-state index contributed by atoms with van der Waals surface area (Å²) in [7, 11) is 0. The third kappa shape index (κ3) is 2.61. The summed E-state index contributed by atoms with van der Waals surface area (Å²) in [6, 6.07) is 4.75. The Hall–Kier alpha value is -1.07. The topological polar surface area (TPSA) is 66.4 Å². The minimum Gasteiger partial charge on any atom is -0.480 e. The second-order valence-electron chi connectivity index (χ2n) is 4.00. The van der Waals surface area contributed by atoms with Gasteiger partial charge in [-0.1, -0.05) is 27.5 Å². The van der Waals surface area contributed by atoms with Crippen molar-refractivity contribution >= 4 is 39.4 Å². The van der Waals surface area contributed by atoms with Gasteiger partial charge < -0.3 is 10.4 Å². The smallest absolute Gasteiger partial charge is 0.329 e. The lowest BCUT2D eigenvalue weighted by molar-refractivity contribution is -0.140. The van der Waals surface area contributed by atoms with Gasteiger partial charge in [-0.25, -0.2) is 4.79 Å². The van der Waals surface area contributed by atoms with Crippen molar-refractivity contribution in [1.29, 1.82) is 0 Å². The van der Waals surface area contributed by atoms with Crippen molar-refractivity contribution in [2.24, 2.45) is 0 Å². The maximum atomic E-state index is 11.9. The zero-order valence-corrected chi connectivity index (χ0v) is 11.0. The summed E-state index contributed by atoms with van der Waals surface area (Å²) in [5.74, 6) is -1.42. The van der Waals surface area contributed by atoms with Crippen LogP contribution >= 0.6 is 27.5 Å². The van der Waals surface area contributed by atoms with E-state index in [4.69, 9.17) is 16.7 Å². The number of aliphatic carboxylic acids is 1. The van der Waals surface area contributed by atoms with Crippen molar-refractivity contribution in [1.82, 2.24) is 5.32 Å². The molecule has 1 aromatic rings. The number of carboxylic acids is 1. The van der Waals surface area contributed by atoms with Gasteiger partial charge in [-0.05, 0) is 31.0 Å². The highest BCUT2D eigenvalue weighted by atomic mass is 79.9. The summed E-state index contributed by atoms with van der Waals surface area (Å²) in [5.41, 5.74) is -0.733. The van der Waals surface area contributed by atoms with Crippen LogP contribution in [0.5, 0.6) is 0 Å². The number of amides is 1. The largest absolute Gasteiger partial charge is 0.480 e. The van der Waals surface area contributed by atoms with E-state index in [1.165, 1.54) is 6.07 Å². The maximum absolute atomic E-state index is 11.9. The Morgan fingerprint density at radius 2 is 2.00 bits per heavy atom. The first-order valence-corrected chi connectivity index (χ1v) is 6.12. The minimum atomic E-state index is -1.08. The van der Waals surface area contributed by atoms with Gasteiger partial charge in [0.25, 0.3) is 5.91 Å². The molecular formula is C11H9BrClNO3. The first-order chi connectivity index (χ1) is 7.93. The Morgan fingerprint density at radius 3 is 2.47 bits per heavy atom. The van der Waals surface area contributed by atoms with Crippen LogP contribution in [-0.4, -0.2) is 22.5 Å². The molecule has 1 aliphatic carbocycles. The van der Waals surface area contributed by atoms with Gasteiger partial charge in [0, 0.05) is 15.1 Å². The molecule has 1 aromatic carbocycles. The van der Waals surface area contributed by atoms with Gasteiger partial charge in [0.05, 0.1) is 0 Å². The van der Waals surface area contributed by atoms with Gasteiger partial charge in [0.15, 0.2) is 0 Å². The number of carboxylic acid groups (broad SMARTS) is 1. The minimum absolute atomic E-state index is 0.344. The fraction of sp³-hybridized carbons (Fsp3) is 0.273. The van der Waals surface area contributed by atoms with Gasteiger partial charge >= 0.3 is 5.97 Å². The molecule has 0 bridgehead atoms. The van der Waals surface area contributed by atoms with Crippen LogP contribution in [0.4, 0.5) is 0 Å². The molecule has 0 unspecified atom stereocenters. The van der Waals surface area contributed by atoms with E-state index in [0.29, 0.717) is 27.9 Å². The molecule has 90 valence electrons. The van der Waals surface area contributed by atoms with E-state index in [9.17, 15) is 9.59 Å². The second-order valence-corrected chi connectivity index (χ2v) is 5.35.